The predicted molar refractivity (Wildman–Crippen MR) is 74.8 cm³/mol. The smallest absolute Gasteiger partial charge is 0.336 e. The standard InChI is InChI=1S/C12H16ClNO5S/c1-8-10(12(15)16)6-9(13)7-11(8)20(17,18)14-4-3-5-19-2/h6-7,14H,3-5H2,1-2H3,(H,15,16). The number of sulfonamides is 1. The number of benzene rings is 1. The molecule has 1 aromatic carbocycles. The highest BCUT2D eigenvalue weighted by atomic mass is 35.5. The monoisotopic (exact) mass is 321 g/mol. The van der Waals surface area contributed by atoms with Crippen molar-refractivity contribution in [3.63, 3.8) is 0 Å². The average Bonchev–Trinajstić information content (AvgIpc) is 2.36. The zero-order valence-electron chi connectivity index (χ0n) is 11.1. The molecule has 0 saturated carbocycles. The van der Waals surface area contributed by atoms with E-state index < -0.39 is 16.0 Å². The lowest BCUT2D eigenvalue weighted by atomic mass is 10.1. The van der Waals surface area contributed by atoms with Crippen LogP contribution in [0.2, 0.25) is 5.02 Å². The van der Waals surface area contributed by atoms with Gasteiger partial charge >= 0.3 is 5.97 Å². The maximum Gasteiger partial charge on any atom is 0.336 e. The van der Waals surface area contributed by atoms with Gasteiger partial charge in [-0.2, -0.15) is 0 Å². The molecule has 0 atom stereocenters. The van der Waals surface area contributed by atoms with Crippen LogP contribution in [-0.2, 0) is 14.8 Å². The molecule has 0 saturated heterocycles. The minimum absolute atomic E-state index is 0.0604. The first kappa shape index (κ1) is 16.9. The van der Waals surface area contributed by atoms with Crippen molar-refractivity contribution in [1.82, 2.24) is 4.72 Å². The molecule has 0 bridgehead atoms. The van der Waals surface area contributed by atoms with Crippen LogP contribution < -0.4 is 4.72 Å². The van der Waals surface area contributed by atoms with Crippen molar-refractivity contribution < 1.29 is 23.1 Å². The second-order valence-corrected chi connectivity index (χ2v) is 6.30. The van der Waals surface area contributed by atoms with Crippen molar-refractivity contribution >= 4 is 27.6 Å². The maximum absolute atomic E-state index is 12.1. The Balaban J connectivity index is 3.09. The van der Waals surface area contributed by atoms with Gasteiger partial charge in [-0.25, -0.2) is 17.9 Å². The summed E-state index contributed by atoms with van der Waals surface area (Å²) in [6, 6.07) is 2.46. The number of rotatable bonds is 7. The second-order valence-electron chi connectivity index (χ2n) is 4.13. The molecular weight excluding hydrogens is 306 g/mol. The Kier molecular flexibility index (Phi) is 5.94. The molecule has 112 valence electrons. The van der Waals surface area contributed by atoms with Gasteiger partial charge in [-0.05, 0) is 31.0 Å². The number of hydrogen-bond acceptors (Lipinski definition) is 4. The van der Waals surface area contributed by atoms with Gasteiger partial charge in [0, 0.05) is 25.3 Å². The number of halogens is 1. The maximum atomic E-state index is 12.1. The molecule has 8 heteroatoms. The highest BCUT2D eigenvalue weighted by Crippen LogP contribution is 2.24. The van der Waals surface area contributed by atoms with Crippen LogP contribution in [-0.4, -0.2) is 39.8 Å². The Hall–Kier alpha value is -1.15. The third-order valence-corrected chi connectivity index (χ3v) is 4.47. The van der Waals surface area contributed by atoms with Gasteiger partial charge < -0.3 is 9.84 Å². The minimum atomic E-state index is -3.80. The van der Waals surface area contributed by atoms with Crippen LogP contribution >= 0.6 is 11.6 Å². The van der Waals surface area contributed by atoms with Crippen molar-refractivity contribution in [1.29, 1.82) is 0 Å². The number of nitrogens with one attached hydrogen (secondary N) is 1. The molecule has 0 aliphatic heterocycles. The summed E-state index contributed by atoms with van der Waals surface area (Å²) in [5.74, 6) is -1.22. The van der Waals surface area contributed by atoms with Crippen LogP contribution in [0, 0.1) is 6.92 Å². The van der Waals surface area contributed by atoms with Crippen molar-refractivity contribution in [2.45, 2.75) is 18.2 Å². The Morgan fingerprint density at radius 2 is 2.10 bits per heavy atom. The minimum Gasteiger partial charge on any atom is -0.478 e. The van der Waals surface area contributed by atoms with E-state index in [0.29, 0.717) is 13.0 Å². The van der Waals surface area contributed by atoms with E-state index in [9.17, 15) is 13.2 Å². The normalized spacial score (nSPS) is 11.6. The molecule has 0 radical (unpaired) electrons. The highest BCUT2D eigenvalue weighted by molar-refractivity contribution is 7.89. The highest BCUT2D eigenvalue weighted by Gasteiger charge is 2.21. The summed E-state index contributed by atoms with van der Waals surface area (Å²) in [6.07, 6.45) is 0.515. The van der Waals surface area contributed by atoms with Gasteiger partial charge in [-0.15, -0.1) is 0 Å². The van der Waals surface area contributed by atoms with E-state index in [2.05, 4.69) is 4.72 Å². The van der Waals surface area contributed by atoms with E-state index in [4.69, 9.17) is 21.4 Å². The van der Waals surface area contributed by atoms with E-state index in [0.717, 1.165) is 0 Å². The number of ether oxygens (including phenoxy) is 1. The molecule has 0 amide bonds. The molecule has 0 fully saturated rings. The van der Waals surface area contributed by atoms with Crippen molar-refractivity contribution in [2.24, 2.45) is 0 Å². The van der Waals surface area contributed by atoms with Crippen LogP contribution in [0.4, 0.5) is 0 Å². The third-order valence-electron chi connectivity index (χ3n) is 2.66. The lowest BCUT2D eigenvalue weighted by molar-refractivity contribution is 0.0696. The molecule has 1 rings (SSSR count). The van der Waals surface area contributed by atoms with Crippen LogP contribution in [0.15, 0.2) is 17.0 Å². The van der Waals surface area contributed by atoms with Gasteiger partial charge in [-0.1, -0.05) is 11.6 Å². The summed E-state index contributed by atoms with van der Waals surface area (Å²) in [7, 11) is -2.28. The number of carboxylic acid groups (broad SMARTS) is 1. The molecule has 0 unspecified atom stereocenters. The van der Waals surface area contributed by atoms with Gasteiger partial charge in [0.1, 0.15) is 0 Å². The lowest BCUT2D eigenvalue weighted by Crippen LogP contribution is -2.26. The lowest BCUT2D eigenvalue weighted by Gasteiger charge is -2.11. The summed E-state index contributed by atoms with van der Waals surface area (Å²) in [6.45, 7) is 2.06. The predicted octanol–water partition coefficient (Wildman–Crippen LogP) is 1.66. The van der Waals surface area contributed by atoms with E-state index in [1.54, 1.807) is 0 Å². The molecule has 6 nitrogen and oxygen atoms in total. The summed E-state index contributed by atoms with van der Waals surface area (Å²) in [4.78, 5) is 10.9. The Morgan fingerprint density at radius 1 is 1.45 bits per heavy atom. The fraction of sp³-hybridized carbons (Fsp3) is 0.417. The summed E-state index contributed by atoms with van der Waals surface area (Å²) in [5, 5.41) is 9.10. The number of methoxy groups -OCH3 is 1. The zero-order chi connectivity index (χ0) is 15.3. The molecule has 20 heavy (non-hydrogen) atoms. The Labute approximate surface area is 122 Å². The van der Waals surface area contributed by atoms with Gasteiger partial charge in [-0.3, -0.25) is 0 Å². The topological polar surface area (TPSA) is 92.7 Å². The van der Waals surface area contributed by atoms with Crippen molar-refractivity contribution in [2.75, 3.05) is 20.3 Å². The van der Waals surface area contributed by atoms with Crippen molar-refractivity contribution in [3.8, 4) is 0 Å². The molecule has 0 aromatic heterocycles. The van der Waals surface area contributed by atoms with Gasteiger partial charge in [0.05, 0.1) is 10.5 Å². The number of carboxylic acids is 1. The van der Waals surface area contributed by atoms with E-state index >= 15 is 0 Å². The van der Waals surface area contributed by atoms with E-state index in [-0.39, 0.29) is 27.6 Å². The average molecular weight is 322 g/mol. The molecule has 0 aliphatic rings. The van der Waals surface area contributed by atoms with Gasteiger partial charge in [0.2, 0.25) is 10.0 Å². The van der Waals surface area contributed by atoms with Gasteiger partial charge in [0.25, 0.3) is 0 Å². The quantitative estimate of drug-likeness (QED) is 0.745. The molecule has 1 aromatic rings. The zero-order valence-corrected chi connectivity index (χ0v) is 12.7. The fourth-order valence-corrected chi connectivity index (χ4v) is 3.30. The van der Waals surface area contributed by atoms with Crippen LogP contribution in [0.1, 0.15) is 22.3 Å². The second kappa shape index (κ2) is 7.03. The molecule has 0 heterocycles. The number of carbonyl (C=O) groups is 1. The summed E-state index contributed by atoms with van der Waals surface area (Å²) < 4.78 is 31.5. The third kappa shape index (κ3) is 4.17. The molecular formula is C12H16ClNO5S. The first-order valence-corrected chi connectivity index (χ1v) is 7.67. The molecule has 0 spiro atoms. The summed E-state index contributed by atoms with van der Waals surface area (Å²) in [5.41, 5.74) is 0.0240. The SMILES string of the molecule is COCCCNS(=O)(=O)c1cc(Cl)cc(C(=O)O)c1C. The molecule has 2 N–H and O–H groups in total. The fourth-order valence-electron chi connectivity index (χ4n) is 1.66. The molecule has 0 aliphatic carbocycles. The van der Waals surface area contributed by atoms with Gasteiger partial charge in [0.15, 0.2) is 0 Å². The van der Waals surface area contributed by atoms with E-state index in [1.807, 2.05) is 0 Å². The number of aromatic carboxylic acids is 1. The Morgan fingerprint density at radius 3 is 2.65 bits per heavy atom. The van der Waals surface area contributed by atoms with Crippen molar-refractivity contribution in [3.05, 3.63) is 28.3 Å². The Bertz CT molecular complexity index is 600. The largest absolute Gasteiger partial charge is 0.478 e. The van der Waals surface area contributed by atoms with E-state index in [1.165, 1.54) is 26.2 Å². The summed E-state index contributed by atoms with van der Waals surface area (Å²) >= 11 is 5.78. The van der Waals surface area contributed by atoms with Crippen LogP contribution in [0.25, 0.3) is 0 Å². The van der Waals surface area contributed by atoms with Crippen LogP contribution in [0.3, 0.4) is 0 Å². The van der Waals surface area contributed by atoms with Crippen LogP contribution in [0.5, 0.6) is 0 Å². The first-order chi connectivity index (χ1) is 9.29. The number of hydrogen-bond donors (Lipinski definition) is 2. The first-order valence-electron chi connectivity index (χ1n) is 5.81.